The van der Waals surface area contributed by atoms with E-state index in [2.05, 4.69) is 31.2 Å². The molecule has 0 saturated carbocycles. The summed E-state index contributed by atoms with van der Waals surface area (Å²) < 4.78 is 14.0. The SMILES string of the molecule is Fc1ccccc1CNc1cc(Br)ncn1. The third kappa shape index (κ3) is 2.76. The highest BCUT2D eigenvalue weighted by molar-refractivity contribution is 9.10. The summed E-state index contributed by atoms with van der Waals surface area (Å²) in [6.45, 7) is 0.399. The van der Waals surface area contributed by atoms with Crippen molar-refractivity contribution in [3.8, 4) is 0 Å². The zero-order valence-corrected chi connectivity index (χ0v) is 9.91. The molecule has 82 valence electrons. The molecule has 1 heterocycles. The van der Waals surface area contributed by atoms with E-state index in [9.17, 15) is 4.39 Å². The molecule has 0 radical (unpaired) electrons. The highest BCUT2D eigenvalue weighted by Crippen LogP contribution is 2.12. The zero-order valence-electron chi connectivity index (χ0n) is 8.32. The molecular weight excluding hydrogens is 273 g/mol. The molecule has 1 aromatic heterocycles. The van der Waals surface area contributed by atoms with E-state index in [1.165, 1.54) is 12.4 Å². The molecule has 0 atom stereocenters. The lowest BCUT2D eigenvalue weighted by Gasteiger charge is -2.06. The van der Waals surface area contributed by atoms with Crippen LogP contribution in [0.3, 0.4) is 0 Å². The van der Waals surface area contributed by atoms with Gasteiger partial charge in [0.15, 0.2) is 0 Å². The number of nitrogens with zero attached hydrogens (tertiary/aromatic N) is 2. The fourth-order valence-electron chi connectivity index (χ4n) is 1.26. The summed E-state index contributed by atoms with van der Waals surface area (Å²) in [4.78, 5) is 7.91. The molecule has 0 amide bonds. The van der Waals surface area contributed by atoms with E-state index in [1.54, 1.807) is 24.3 Å². The molecule has 2 aromatic rings. The zero-order chi connectivity index (χ0) is 11.4. The molecule has 0 aliphatic carbocycles. The predicted octanol–water partition coefficient (Wildman–Crippen LogP) is 2.99. The van der Waals surface area contributed by atoms with Crippen LogP contribution < -0.4 is 5.32 Å². The monoisotopic (exact) mass is 281 g/mol. The van der Waals surface area contributed by atoms with Crippen molar-refractivity contribution in [1.82, 2.24) is 9.97 Å². The van der Waals surface area contributed by atoms with Crippen molar-refractivity contribution >= 4 is 21.7 Å². The van der Waals surface area contributed by atoms with Crippen LogP contribution in [0.1, 0.15) is 5.56 Å². The Morgan fingerprint density at radius 1 is 1.25 bits per heavy atom. The van der Waals surface area contributed by atoms with E-state index in [-0.39, 0.29) is 5.82 Å². The van der Waals surface area contributed by atoms with Gasteiger partial charge in [-0.3, -0.25) is 0 Å². The molecule has 0 bridgehead atoms. The quantitative estimate of drug-likeness (QED) is 0.879. The topological polar surface area (TPSA) is 37.8 Å². The third-order valence-corrected chi connectivity index (χ3v) is 2.49. The predicted molar refractivity (Wildman–Crippen MR) is 63.5 cm³/mol. The van der Waals surface area contributed by atoms with E-state index in [1.807, 2.05) is 0 Å². The number of rotatable bonds is 3. The first kappa shape index (κ1) is 11.0. The van der Waals surface area contributed by atoms with Crippen LogP contribution in [-0.2, 0) is 6.54 Å². The second-order valence-electron chi connectivity index (χ2n) is 3.17. The van der Waals surface area contributed by atoms with Gasteiger partial charge in [-0.05, 0) is 22.0 Å². The van der Waals surface area contributed by atoms with Crippen LogP contribution in [-0.4, -0.2) is 9.97 Å². The summed E-state index contributed by atoms with van der Waals surface area (Å²) in [5.74, 6) is 0.438. The van der Waals surface area contributed by atoms with Crippen LogP contribution in [0.25, 0.3) is 0 Å². The maximum Gasteiger partial charge on any atom is 0.130 e. The van der Waals surface area contributed by atoms with E-state index in [0.717, 1.165) is 0 Å². The lowest BCUT2D eigenvalue weighted by Crippen LogP contribution is -2.03. The van der Waals surface area contributed by atoms with Crippen molar-refractivity contribution in [3.05, 3.63) is 52.6 Å². The van der Waals surface area contributed by atoms with Gasteiger partial charge in [0.1, 0.15) is 22.6 Å². The molecule has 16 heavy (non-hydrogen) atoms. The van der Waals surface area contributed by atoms with Gasteiger partial charge in [-0.2, -0.15) is 0 Å². The Bertz CT molecular complexity index is 490. The molecule has 0 aliphatic rings. The van der Waals surface area contributed by atoms with Gasteiger partial charge in [0.2, 0.25) is 0 Å². The number of hydrogen-bond donors (Lipinski definition) is 1. The smallest absolute Gasteiger partial charge is 0.130 e. The van der Waals surface area contributed by atoms with Crippen molar-refractivity contribution in [2.75, 3.05) is 5.32 Å². The third-order valence-electron chi connectivity index (χ3n) is 2.05. The summed E-state index contributed by atoms with van der Waals surface area (Å²) in [6, 6.07) is 8.38. The normalized spacial score (nSPS) is 10.1. The van der Waals surface area contributed by atoms with Crippen LogP contribution in [0, 0.1) is 5.82 Å². The van der Waals surface area contributed by atoms with Crippen molar-refractivity contribution in [3.63, 3.8) is 0 Å². The average molecular weight is 282 g/mol. The molecule has 1 aromatic carbocycles. The maximum absolute atomic E-state index is 13.3. The molecule has 5 heteroatoms. The Balaban J connectivity index is 2.05. The Labute approximate surface area is 101 Å². The highest BCUT2D eigenvalue weighted by atomic mass is 79.9. The first-order valence-corrected chi connectivity index (χ1v) is 5.50. The van der Waals surface area contributed by atoms with Crippen LogP contribution >= 0.6 is 15.9 Å². The largest absolute Gasteiger partial charge is 0.366 e. The molecular formula is C11H9BrFN3. The van der Waals surface area contributed by atoms with Crippen molar-refractivity contribution in [1.29, 1.82) is 0 Å². The van der Waals surface area contributed by atoms with Gasteiger partial charge in [0.25, 0.3) is 0 Å². The van der Waals surface area contributed by atoms with Gasteiger partial charge in [-0.15, -0.1) is 0 Å². The second kappa shape index (κ2) is 5.03. The molecule has 0 saturated heterocycles. The van der Waals surface area contributed by atoms with Crippen LogP contribution in [0.2, 0.25) is 0 Å². The highest BCUT2D eigenvalue weighted by Gasteiger charge is 2.01. The minimum atomic E-state index is -0.219. The second-order valence-corrected chi connectivity index (χ2v) is 3.98. The van der Waals surface area contributed by atoms with Gasteiger partial charge >= 0.3 is 0 Å². The molecule has 3 nitrogen and oxygen atoms in total. The Kier molecular flexibility index (Phi) is 3.46. The Morgan fingerprint density at radius 2 is 2.06 bits per heavy atom. The van der Waals surface area contributed by atoms with Crippen molar-refractivity contribution in [2.24, 2.45) is 0 Å². The summed E-state index contributed by atoms with van der Waals surface area (Å²) >= 11 is 3.24. The van der Waals surface area contributed by atoms with Gasteiger partial charge < -0.3 is 5.32 Å². The van der Waals surface area contributed by atoms with Crippen molar-refractivity contribution < 1.29 is 4.39 Å². The average Bonchev–Trinajstić information content (AvgIpc) is 2.28. The van der Waals surface area contributed by atoms with E-state index < -0.39 is 0 Å². The van der Waals surface area contributed by atoms with Crippen LogP contribution in [0.5, 0.6) is 0 Å². The lowest BCUT2D eigenvalue weighted by molar-refractivity contribution is 0.613. The molecule has 0 aliphatic heterocycles. The Morgan fingerprint density at radius 3 is 2.81 bits per heavy atom. The first-order chi connectivity index (χ1) is 7.75. The number of nitrogens with one attached hydrogen (secondary N) is 1. The van der Waals surface area contributed by atoms with Crippen LogP contribution in [0.15, 0.2) is 41.3 Å². The van der Waals surface area contributed by atoms with Gasteiger partial charge in [0, 0.05) is 18.2 Å². The molecule has 0 fully saturated rings. The summed E-state index contributed by atoms with van der Waals surface area (Å²) in [5, 5.41) is 3.02. The van der Waals surface area contributed by atoms with Gasteiger partial charge in [-0.1, -0.05) is 18.2 Å². The number of halogens is 2. The standard InChI is InChI=1S/C11H9BrFN3/c12-10-5-11(16-7-15-10)14-6-8-3-1-2-4-9(8)13/h1-5,7H,6H2,(H,14,15,16). The maximum atomic E-state index is 13.3. The minimum absolute atomic E-state index is 0.219. The fraction of sp³-hybridized carbons (Fsp3) is 0.0909. The van der Waals surface area contributed by atoms with Crippen LogP contribution in [0.4, 0.5) is 10.2 Å². The molecule has 2 rings (SSSR count). The van der Waals surface area contributed by atoms with E-state index in [0.29, 0.717) is 22.5 Å². The van der Waals surface area contributed by atoms with Crippen molar-refractivity contribution in [2.45, 2.75) is 6.54 Å². The summed E-state index contributed by atoms with van der Waals surface area (Å²) in [7, 11) is 0. The van der Waals surface area contributed by atoms with E-state index in [4.69, 9.17) is 0 Å². The number of benzene rings is 1. The molecule has 0 spiro atoms. The molecule has 1 N–H and O–H groups in total. The van der Waals surface area contributed by atoms with Gasteiger partial charge in [-0.25, -0.2) is 14.4 Å². The number of aromatic nitrogens is 2. The number of hydrogen-bond acceptors (Lipinski definition) is 3. The van der Waals surface area contributed by atoms with Gasteiger partial charge in [0.05, 0.1) is 0 Å². The number of anilines is 1. The fourth-order valence-corrected chi connectivity index (χ4v) is 1.57. The van der Waals surface area contributed by atoms with E-state index >= 15 is 0 Å². The summed E-state index contributed by atoms with van der Waals surface area (Å²) in [5.41, 5.74) is 0.609. The molecule has 0 unspecified atom stereocenters. The first-order valence-electron chi connectivity index (χ1n) is 4.70. The minimum Gasteiger partial charge on any atom is -0.366 e. The Hall–Kier alpha value is -1.49. The lowest BCUT2D eigenvalue weighted by atomic mass is 10.2. The summed E-state index contributed by atoms with van der Waals surface area (Å²) in [6.07, 6.45) is 1.44.